The standard InChI is InChI=1S/C19H15NO4/c21-19(23-13-14-5-2-1-3-6-14)16-8-4-7-15(11-16)18-10-9-17(24-18)12-20-22/h1-12,22H,13H2/b20-12+. The molecular weight excluding hydrogens is 306 g/mol. The minimum Gasteiger partial charge on any atom is -0.457 e. The number of ether oxygens (including phenoxy) is 1. The van der Waals surface area contributed by atoms with Crippen LogP contribution in [0.25, 0.3) is 11.3 Å². The predicted molar refractivity (Wildman–Crippen MR) is 89.1 cm³/mol. The highest BCUT2D eigenvalue weighted by molar-refractivity contribution is 5.91. The zero-order valence-electron chi connectivity index (χ0n) is 12.8. The molecule has 0 unspecified atom stereocenters. The first-order valence-electron chi connectivity index (χ1n) is 7.35. The third-order valence-electron chi connectivity index (χ3n) is 3.41. The van der Waals surface area contributed by atoms with Crippen molar-refractivity contribution in [1.82, 2.24) is 0 Å². The fourth-order valence-electron chi connectivity index (χ4n) is 2.24. The number of carbonyl (C=O) groups is 1. The molecule has 0 aliphatic heterocycles. The molecule has 1 N–H and O–H groups in total. The first-order valence-corrected chi connectivity index (χ1v) is 7.35. The summed E-state index contributed by atoms with van der Waals surface area (Å²) in [6.07, 6.45) is 1.20. The van der Waals surface area contributed by atoms with Gasteiger partial charge in [0.05, 0.1) is 5.56 Å². The molecule has 0 fully saturated rings. The number of nitrogens with zero attached hydrogens (tertiary/aromatic N) is 1. The molecule has 0 saturated carbocycles. The van der Waals surface area contributed by atoms with E-state index in [2.05, 4.69) is 5.16 Å². The lowest BCUT2D eigenvalue weighted by Gasteiger charge is -2.06. The highest BCUT2D eigenvalue weighted by Crippen LogP contribution is 2.23. The van der Waals surface area contributed by atoms with Gasteiger partial charge in [-0.2, -0.15) is 0 Å². The number of carbonyl (C=O) groups excluding carboxylic acids is 1. The Morgan fingerprint density at radius 2 is 1.92 bits per heavy atom. The zero-order chi connectivity index (χ0) is 16.8. The van der Waals surface area contributed by atoms with E-state index in [4.69, 9.17) is 14.4 Å². The first kappa shape index (κ1) is 15.6. The number of hydrogen-bond acceptors (Lipinski definition) is 5. The van der Waals surface area contributed by atoms with E-state index in [1.165, 1.54) is 6.21 Å². The van der Waals surface area contributed by atoms with Crippen molar-refractivity contribution in [2.45, 2.75) is 6.61 Å². The summed E-state index contributed by atoms with van der Waals surface area (Å²) >= 11 is 0. The lowest BCUT2D eigenvalue weighted by Crippen LogP contribution is -2.05. The average molecular weight is 321 g/mol. The maximum atomic E-state index is 12.2. The van der Waals surface area contributed by atoms with Crippen molar-refractivity contribution in [2.24, 2.45) is 5.16 Å². The van der Waals surface area contributed by atoms with Crippen molar-refractivity contribution in [3.63, 3.8) is 0 Å². The van der Waals surface area contributed by atoms with E-state index in [1.807, 2.05) is 36.4 Å². The monoisotopic (exact) mass is 321 g/mol. The summed E-state index contributed by atoms with van der Waals surface area (Å²) in [5, 5.41) is 11.4. The third-order valence-corrected chi connectivity index (χ3v) is 3.41. The molecular formula is C19H15NO4. The highest BCUT2D eigenvalue weighted by Gasteiger charge is 2.10. The van der Waals surface area contributed by atoms with Gasteiger partial charge >= 0.3 is 5.97 Å². The summed E-state index contributed by atoms with van der Waals surface area (Å²) in [7, 11) is 0. The van der Waals surface area contributed by atoms with Crippen LogP contribution in [0.15, 0.2) is 76.3 Å². The average Bonchev–Trinajstić information content (AvgIpc) is 3.10. The molecule has 24 heavy (non-hydrogen) atoms. The molecule has 5 nitrogen and oxygen atoms in total. The van der Waals surface area contributed by atoms with Crippen LogP contribution in [0.2, 0.25) is 0 Å². The van der Waals surface area contributed by atoms with E-state index < -0.39 is 5.97 Å². The van der Waals surface area contributed by atoms with Crippen LogP contribution >= 0.6 is 0 Å². The predicted octanol–water partition coefficient (Wildman–Crippen LogP) is 4.11. The largest absolute Gasteiger partial charge is 0.457 e. The van der Waals surface area contributed by atoms with Gasteiger partial charge in [-0.05, 0) is 29.8 Å². The Labute approximate surface area is 138 Å². The van der Waals surface area contributed by atoms with Crippen LogP contribution in [0.1, 0.15) is 21.7 Å². The Morgan fingerprint density at radius 3 is 2.71 bits per heavy atom. The van der Waals surface area contributed by atoms with Crippen molar-refractivity contribution in [2.75, 3.05) is 0 Å². The summed E-state index contributed by atoms with van der Waals surface area (Å²) < 4.78 is 10.8. The second-order valence-corrected chi connectivity index (χ2v) is 5.09. The summed E-state index contributed by atoms with van der Waals surface area (Å²) in [5.74, 6) is 0.594. The fraction of sp³-hybridized carbons (Fsp3) is 0.0526. The lowest BCUT2D eigenvalue weighted by atomic mass is 10.1. The van der Waals surface area contributed by atoms with Gasteiger partial charge in [-0.1, -0.05) is 47.6 Å². The van der Waals surface area contributed by atoms with Crippen LogP contribution in [0.5, 0.6) is 0 Å². The third kappa shape index (κ3) is 3.70. The number of rotatable bonds is 5. The van der Waals surface area contributed by atoms with Gasteiger partial charge < -0.3 is 14.4 Å². The molecule has 0 aliphatic carbocycles. The van der Waals surface area contributed by atoms with Crippen LogP contribution in [0.3, 0.4) is 0 Å². The fourth-order valence-corrected chi connectivity index (χ4v) is 2.24. The lowest BCUT2D eigenvalue weighted by molar-refractivity contribution is 0.0473. The second-order valence-electron chi connectivity index (χ2n) is 5.09. The molecule has 0 radical (unpaired) electrons. The Hall–Kier alpha value is -3.34. The molecule has 3 aromatic rings. The Balaban J connectivity index is 1.73. The van der Waals surface area contributed by atoms with Gasteiger partial charge in [0.25, 0.3) is 0 Å². The van der Waals surface area contributed by atoms with Crippen molar-refractivity contribution in [3.05, 3.63) is 83.6 Å². The normalized spacial score (nSPS) is 10.8. The SMILES string of the molecule is O=C(OCc1ccccc1)c1cccc(-c2ccc(/C=N/O)o2)c1. The first-order chi connectivity index (χ1) is 11.8. The highest BCUT2D eigenvalue weighted by atomic mass is 16.5. The van der Waals surface area contributed by atoms with Crippen molar-refractivity contribution < 1.29 is 19.2 Å². The van der Waals surface area contributed by atoms with Gasteiger partial charge in [-0.25, -0.2) is 4.79 Å². The summed E-state index contributed by atoms with van der Waals surface area (Å²) in [6.45, 7) is 0.224. The molecule has 1 heterocycles. The molecule has 0 bridgehead atoms. The van der Waals surface area contributed by atoms with Gasteiger partial charge in [0.2, 0.25) is 0 Å². The van der Waals surface area contributed by atoms with E-state index in [0.29, 0.717) is 17.1 Å². The van der Waals surface area contributed by atoms with E-state index in [0.717, 1.165) is 11.1 Å². The second kappa shape index (κ2) is 7.28. The molecule has 1 aromatic heterocycles. The van der Waals surface area contributed by atoms with E-state index >= 15 is 0 Å². The molecule has 2 aromatic carbocycles. The Morgan fingerprint density at radius 1 is 1.08 bits per heavy atom. The number of benzene rings is 2. The van der Waals surface area contributed by atoms with Crippen molar-refractivity contribution in [3.8, 4) is 11.3 Å². The van der Waals surface area contributed by atoms with E-state index in [-0.39, 0.29) is 6.61 Å². The minimum absolute atomic E-state index is 0.224. The molecule has 0 amide bonds. The van der Waals surface area contributed by atoms with Gasteiger partial charge in [-0.3, -0.25) is 0 Å². The topological polar surface area (TPSA) is 72.0 Å². The molecule has 3 rings (SSSR count). The molecule has 120 valence electrons. The number of esters is 1. The molecule has 0 spiro atoms. The summed E-state index contributed by atoms with van der Waals surface area (Å²) in [5.41, 5.74) is 2.11. The molecule has 0 aliphatic rings. The van der Waals surface area contributed by atoms with Crippen LogP contribution in [-0.2, 0) is 11.3 Å². The van der Waals surface area contributed by atoms with Crippen LogP contribution in [0.4, 0.5) is 0 Å². The maximum absolute atomic E-state index is 12.2. The van der Waals surface area contributed by atoms with Crippen LogP contribution in [-0.4, -0.2) is 17.4 Å². The van der Waals surface area contributed by atoms with Crippen LogP contribution in [0, 0.1) is 0 Å². The van der Waals surface area contributed by atoms with Crippen molar-refractivity contribution in [1.29, 1.82) is 0 Å². The Kier molecular flexibility index (Phi) is 4.72. The van der Waals surface area contributed by atoms with Gasteiger partial charge in [0.1, 0.15) is 24.3 Å². The molecule has 0 saturated heterocycles. The molecule has 0 atom stereocenters. The smallest absolute Gasteiger partial charge is 0.338 e. The van der Waals surface area contributed by atoms with Crippen molar-refractivity contribution >= 4 is 12.2 Å². The van der Waals surface area contributed by atoms with Gasteiger partial charge in [-0.15, -0.1) is 0 Å². The van der Waals surface area contributed by atoms with Gasteiger partial charge in [0.15, 0.2) is 0 Å². The Bertz CT molecular complexity index is 853. The number of furan rings is 1. The summed E-state index contributed by atoms with van der Waals surface area (Å²) in [4.78, 5) is 12.2. The quantitative estimate of drug-likeness (QED) is 0.332. The number of oxime groups is 1. The number of hydrogen-bond donors (Lipinski definition) is 1. The summed E-state index contributed by atoms with van der Waals surface area (Å²) in [6, 6.07) is 19.9. The van der Waals surface area contributed by atoms with Gasteiger partial charge in [0, 0.05) is 5.56 Å². The maximum Gasteiger partial charge on any atom is 0.338 e. The van der Waals surface area contributed by atoms with Crippen LogP contribution < -0.4 is 0 Å². The minimum atomic E-state index is -0.399. The zero-order valence-corrected chi connectivity index (χ0v) is 12.8. The van der Waals surface area contributed by atoms with E-state index in [1.54, 1.807) is 30.3 Å². The van der Waals surface area contributed by atoms with E-state index in [9.17, 15) is 4.79 Å². The molecule has 5 heteroatoms.